The van der Waals surface area contributed by atoms with Gasteiger partial charge in [0.05, 0.1) is 0 Å². The number of nitrogens with one attached hydrogen (secondary N) is 2. The van der Waals surface area contributed by atoms with Gasteiger partial charge >= 0.3 is 0 Å². The zero-order valence-electron chi connectivity index (χ0n) is 13.1. The number of hydrogen-bond donors (Lipinski definition) is 2. The summed E-state index contributed by atoms with van der Waals surface area (Å²) in [5.41, 5.74) is 0.901. The van der Waals surface area contributed by atoms with E-state index in [0.717, 1.165) is 29.0 Å². The summed E-state index contributed by atoms with van der Waals surface area (Å²) in [6, 6.07) is 2.45. The maximum atomic E-state index is 5.74. The van der Waals surface area contributed by atoms with E-state index < -0.39 is 0 Å². The van der Waals surface area contributed by atoms with Crippen molar-refractivity contribution in [2.24, 2.45) is 0 Å². The topological polar surface area (TPSA) is 49.4 Å². The van der Waals surface area contributed by atoms with E-state index in [2.05, 4.69) is 63.8 Å². The molecule has 0 spiro atoms. The molecule has 1 rings (SSSR count). The summed E-state index contributed by atoms with van der Waals surface area (Å²) in [6.45, 7) is 6.67. The number of halogens is 1. The molecule has 0 atom stereocenters. The molecule has 0 radical (unpaired) electrons. The molecule has 7 heteroatoms. The number of anilines is 1. The second-order valence-electron chi connectivity index (χ2n) is 5.22. The lowest BCUT2D eigenvalue weighted by molar-refractivity contribution is 0.299. The minimum atomic E-state index is 0.464. The summed E-state index contributed by atoms with van der Waals surface area (Å²) >= 11 is 5.10. The summed E-state index contributed by atoms with van der Waals surface area (Å²) < 4.78 is 9.99. The third-order valence-electron chi connectivity index (χ3n) is 2.53. The molecule has 120 valence electrons. The number of pyridine rings is 1. The summed E-state index contributed by atoms with van der Waals surface area (Å²) in [5.74, 6) is 1.63. The van der Waals surface area contributed by atoms with E-state index in [-0.39, 0.29) is 0 Å². The standard InChI is InChI=1S/C14H25BrN4OS/c1-11(2)16-5-7-20-14-13(9-12(15)10-17-14)18-21-8-6-19(3)4/h9-11,16,18H,5-8H2,1-4H3. The minimum Gasteiger partial charge on any atom is -0.475 e. The molecular formula is C14H25BrN4OS. The van der Waals surface area contributed by atoms with Gasteiger partial charge in [0.25, 0.3) is 0 Å². The fourth-order valence-electron chi connectivity index (χ4n) is 1.47. The lowest BCUT2D eigenvalue weighted by Crippen LogP contribution is -2.27. The third-order valence-corrected chi connectivity index (χ3v) is 3.72. The molecule has 1 aromatic rings. The van der Waals surface area contributed by atoms with Crippen molar-refractivity contribution < 1.29 is 4.74 Å². The average Bonchev–Trinajstić information content (AvgIpc) is 2.41. The van der Waals surface area contributed by atoms with Crippen molar-refractivity contribution in [2.45, 2.75) is 19.9 Å². The predicted molar refractivity (Wildman–Crippen MR) is 95.2 cm³/mol. The molecule has 2 N–H and O–H groups in total. The lowest BCUT2D eigenvalue weighted by Gasteiger charge is -2.14. The van der Waals surface area contributed by atoms with Crippen LogP contribution in [0.4, 0.5) is 5.69 Å². The van der Waals surface area contributed by atoms with Gasteiger partial charge in [0, 0.05) is 35.6 Å². The second kappa shape index (κ2) is 10.3. The van der Waals surface area contributed by atoms with E-state index in [4.69, 9.17) is 4.74 Å². The molecule has 0 aliphatic rings. The highest BCUT2D eigenvalue weighted by Gasteiger charge is 2.07. The Kier molecular flexibility index (Phi) is 9.07. The van der Waals surface area contributed by atoms with Crippen molar-refractivity contribution in [3.05, 3.63) is 16.7 Å². The SMILES string of the molecule is CC(C)NCCOc1ncc(Br)cc1NSCCN(C)C. The molecule has 0 aliphatic carbocycles. The van der Waals surface area contributed by atoms with Gasteiger partial charge in [-0.3, -0.25) is 0 Å². The van der Waals surface area contributed by atoms with Crippen LogP contribution in [-0.4, -0.2) is 55.5 Å². The highest BCUT2D eigenvalue weighted by molar-refractivity contribution is 9.10. The van der Waals surface area contributed by atoms with E-state index in [1.807, 2.05) is 6.07 Å². The van der Waals surface area contributed by atoms with Crippen molar-refractivity contribution in [1.82, 2.24) is 15.2 Å². The van der Waals surface area contributed by atoms with E-state index in [1.165, 1.54) is 0 Å². The number of hydrogen-bond acceptors (Lipinski definition) is 6. The number of nitrogens with zero attached hydrogens (tertiary/aromatic N) is 2. The van der Waals surface area contributed by atoms with Crippen LogP contribution in [0, 0.1) is 0 Å². The van der Waals surface area contributed by atoms with Crippen LogP contribution in [0.5, 0.6) is 5.88 Å². The molecule has 0 bridgehead atoms. The van der Waals surface area contributed by atoms with Crippen LogP contribution in [0.15, 0.2) is 16.7 Å². The highest BCUT2D eigenvalue weighted by atomic mass is 79.9. The van der Waals surface area contributed by atoms with Crippen molar-refractivity contribution in [3.8, 4) is 5.88 Å². The molecule has 5 nitrogen and oxygen atoms in total. The maximum absolute atomic E-state index is 5.74. The van der Waals surface area contributed by atoms with Crippen molar-refractivity contribution in [3.63, 3.8) is 0 Å². The van der Waals surface area contributed by atoms with Gasteiger partial charge in [-0.2, -0.15) is 0 Å². The molecule has 0 saturated heterocycles. The van der Waals surface area contributed by atoms with Crippen molar-refractivity contribution in [1.29, 1.82) is 0 Å². The normalized spacial score (nSPS) is 11.2. The minimum absolute atomic E-state index is 0.464. The first-order valence-corrected chi connectivity index (χ1v) is 8.81. The Morgan fingerprint density at radius 1 is 1.43 bits per heavy atom. The van der Waals surface area contributed by atoms with Crippen LogP contribution in [0.25, 0.3) is 0 Å². The molecule has 0 aromatic carbocycles. The number of ether oxygens (including phenoxy) is 1. The first-order valence-electron chi connectivity index (χ1n) is 7.03. The van der Waals surface area contributed by atoms with Crippen LogP contribution in [0.1, 0.15) is 13.8 Å². The Balaban J connectivity index is 2.46. The molecule has 1 heterocycles. The van der Waals surface area contributed by atoms with Crippen LogP contribution in [-0.2, 0) is 0 Å². The van der Waals surface area contributed by atoms with E-state index in [0.29, 0.717) is 18.5 Å². The van der Waals surface area contributed by atoms with Gasteiger partial charge in [-0.25, -0.2) is 4.98 Å². The first-order chi connectivity index (χ1) is 9.99. The number of aromatic nitrogens is 1. The summed E-state index contributed by atoms with van der Waals surface area (Å²) in [5, 5.41) is 3.32. The van der Waals surface area contributed by atoms with Crippen molar-refractivity contribution >= 4 is 33.6 Å². The molecular weight excluding hydrogens is 352 g/mol. The third kappa shape index (κ3) is 8.50. The maximum Gasteiger partial charge on any atom is 0.238 e. The predicted octanol–water partition coefficient (Wildman–Crippen LogP) is 2.84. The Morgan fingerprint density at radius 3 is 2.86 bits per heavy atom. The van der Waals surface area contributed by atoms with Gasteiger partial charge in [0.1, 0.15) is 12.3 Å². The Hall–Kier alpha value is -0.500. The largest absolute Gasteiger partial charge is 0.475 e. The number of rotatable bonds is 10. The lowest BCUT2D eigenvalue weighted by atomic mass is 10.4. The quantitative estimate of drug-likeness (QED) is 0.483. The van der Waals surface area contributed by atoms with Crippen LogP contribution in [0.3, 0.4) is 0 Å². The second-order valence-corrected chi connectivity index (χ2v) is 7.03. The van der Waals surface area contributed by atoms with Crippen molar-refractivity contribution in [2.75, 3.05) is 44.3 Å². The average molecular weight is 377 g/mol. The monoisotopic (exact) mass is 376 g/mol. The van der Waals surface area contributed by atoms with Gasteiger partial charge < -0.3 is 19.7 Å². The molecule has 21 heavy (non-hydrogen) atoms. The van der Waals surface area contributed by atoms with E-state index in [1.54, 1.807) is 18.1 Å². The van der Waals surface area contributed by atoms with Crippen LogP contribution in [0.2, 0.25) is 0 Å². The highest BCUT2D eigenvalue weighted by Crippen LogP contribution is 2.27. The van der Waals surface area contributed by atoms with Crippen LogP contribution >= 0.6 is 27.9 Å². The fraction of sp³-hybridized carbons (Fsp3) is 0.643. The van der Waals surface area contributed by atoms with Gasteiger partial charge in [0.15, 0.2) is 0 Å². The first kappa shape index (κ1) is 18.5. The smallest absolute Gasteiger partial charge is 0.238 e. The van der Waals surface area contributed by atoms with Gasteiger partial charge in [0.2, 0.25) is 5.88 Å². The van der Waals surface area contributed by atoms with Gasteiger partial charge in [-0.05, 0) is 36.1 Å². The Morgan fingerprint density at radius 2 is 2.19 bits per heavy atom. The molecule has 0 amide bonds. The molecule has 0 saturated carbocycles. The molecule has 0 fully saturated rings. The van der Waals surface area contributed by atoms with Crippen LogP contribution < -0.4 is 14.8 Å². The Bertz CT molecular complexity index is 418. The summed E-state index contributed by atoms with van der Waals surface area (Å²) in [4.78, 5) is 6.48. The summed E-state index contributed by atoms with van der Waals surface area (Å²) in [7, 11) is 4.13. The van der Waals surface area contributed by atoms with E-state index in [9.17, 15) is 0 Å². The summed E-state index contributed by atoms with van der Waals surface area (Å²) in [6.07, 6.45) is 1.75. The van der Waals surface area contributed by atoms with Gasteiger partial charge in [-0.1, -0.05) is 25.8 Å². The molecule has 0 aliphatic heterocycles. The molecule has 0 unspecified atom stereocenters. The molecule has 1 aromatic heterocycles. The van der Waals surface area contributed by atoms with E-state index >= 15 is 0 Å². The van der Waals surface area contributed by atoms with Gasteiger partial charge in [-0.15, -0.1) is 0 Å². The fourth-order valence-corrected chi connectivity index (χ4v) is 2.66. The Labute approximate surface area is 140 Å². The zero-order valence-corrected chi connectivity index (χ0v) is 15.6. The zero-order chi connectivity index (χ0) is 15.7.